The highest BCUT2D eigenvalue weighted by molar-refractivity contribution is 6.21. The number of benzene rings is 1. The topological polar surface area (TPSA) is 66.8 Å². The fourth-order valence-corrected chi connectivity index (χ4v) is 1.44. The predicted molar refractivity (Wildman–Crippen MR) is 67.2 cm³/mol. The molecule has 0 spiro atoms. The van der Waals surface area contributed by atoms with E-state index in [0.29, 0.717) is 5.69 Å². The molecule has 0 saturated carbocycles. The van der Waals surface area contributed by atoms with Gasteiger partial charge in [0, 0.05) is 12.7 Å². The molecule has 0 atom stereocenters. The molecule has 1 aromatic rings. The summed E-state index contributed by atoms with van der Waals surface area (Å²) in [6.45, 7) is 1.39. The Morgan fingerprint density at radius 1 is 1.26 bits per heavy atom. The molecule has 102 valence electrons. The fraction of sp³-hybridized carbons (Fsp3) is 0.231. The van der Waals surface area contributed by atoms with E-state index in [1.54, 1.807) is 0 Å². The highest BCUT2D eigenvalue weighted by atomic mass is 19.1. The van der Waals surface area contributed by atoms with Crippen LogP contribution in [0.15, 0.2) is 35.6 Å². The van der Waals surface area contributed by atoms with Gasteiger partial charge in [0.05, 0.1) is 7.11 Å². The van der Waals surface area contributed by atoms with Crippen molar-refractivity contribution >= 4 is 17.6 Å². The van der Waals surface area contributed by atoms with Crippen LogP contribution in [0.2, 0.25) is 0 Å². The molecule has 0 radical (unpaired) electrons. The number of carbonyl (C=O) groups is 2. The van der Waals surface area contributed by atoms with Crippen LogP contribution in [0.5, 0.6) is 0 Å². The molecule has 0 aliphatic heterocycles. The largest absolute Gasteiger partial charge is 0.500 e. The number of halogens is 1. The van der Waals surface area contributed by atoms with Gasteiger partial charge >= 0.3 is 5.97 Å². The van der Waals surface area contributed by atoms with E-state index in [9.17, 15) is 14.0 Å². The van der Waals surface area contributed by atoms with Crippen molar-refractivity contribution in [3.63, 3.8) is 0 Å². The summed E-state index contributed by atoms with van der Waals surface area (Å²) in [7, 11) is 2.69. The standard InChI is InChI=1S/C13H14FNO4/c1-8(19-3)11(13(17)18)12(16)15(2)10-6-4-9(14)5-7-10/h4-7H,1-3H3,(H,17,18)/b11-8-. The van der Waals surface area contributed by atoms with Crippen molar-refractivity contribution in [3.05, 3.63) is 41.4 Å². The third kappa shape index (κ3) is 3.31. The summed E-state index contributed by atoms with van der Waals surface area (Å²) in [5.74, 6) is -2.55. The van der Waals surface area contributed by atoms with Gasteiger partial charge in [-0.2, -0.15) is 0 Å². The van der Waals surface area contributed by atoms with Crippen molar-refractivity contribution in [3.8, 4) is 0 Å². The number of ether oxygens (including phenoxy) is 1. The van der Waals surface area contributed by atoms with Crippen LogP contribution in [-0.2, 0) is 14.3 Å². The van der Waals surface area contributed by atoms with Gasteiger partial charge < -0.3 is 14.7 Å². The Hall–Kier alpha value is -2.37. The van der Waals surface area contributed by atoms with Crippen molar-refractivity contribution < 1.29 is 23.8 Å². The van der Waals surface area contributed by atoms with Gasteiger partial charge in [0.25, 0.3) is 5.91 Å². The molecule has 0 bridgehead atoms. The van der Waals surface area contributed by atoms with Crippen molar-refractivity contribution in [1.82, 2.24) is 0 Å². The third-order valence-electron chi connectivity index (χ3n) is 2.60. The van der Waals surface area contributed by atoms with Crippen LogP contribution in [-0.4, -0.2) is 31.1 Å². The first-order chi connectivity index (χ1) is 8.88. The zero-order chi connectivity index (χ0) is 14.6. The van der Waals surface area contributed by atoms with Crippen LogP contribution in [0.25, 0.3) is 0 Å². The number of nitrogens with zero attached hydrogens (tertiary/aromatic N) is 1. The van der Waals surface area contributed by atoms with E-state index in [1.165, 1.54) is 45.3 Å². The summed E-state index contributed by atoms with van der Waals surface area (Å²) in [5, 5.41) is 9.04. The molecular weight excluding hydrogens is 253 g/mol. The quantitative estimate of drug-likeness (QED) is 0.391. The van der Waals surface area contributed by atoms with Crippen LogP contribution < -0.4 is 4.90 Å². The minimum absolute atomic E-state index is 0.00598. The molecule has 0 fully saturated rings. The summed E-state index contributed by atoms with van der Waals surface area (Å²) in [5.41, 5.74) is -0.0802. The number of allylic oxidation sites excluding steroid dienone is 1. The lowest BCUT2D eigenvalue weighted by molar-refractivity contribution is -0.134. The monoisotopic (exact) mass is 267 g/mol. The van der Waals surface area contributed by atoms with Crippen LogP contribution >= 0.6 is 0 Å². The maximum absolute atomic E-state index is 12.8. The SMILES string of the molecule is CO/C(C)=C(\C(=O)O)C(=O)N(C)c1ccc(F)cc1. The van der Waals surface area contributed by atoms with E-state index in [4.69, 9.17) is 9.84 Å². The average Bonchev–Trinajstić information content (AvgIpc) is 2.38. The van der Waals surface area contributed by atoms with Gasteiger partial charge in [-0.05, 0) is 31.2 Å². The first-order valence-corrected chi connectivity index (χ1v) is 5.40. The number of likely N-dealkylation sites (N-methyl/N-ethyl adjacent to an activating group) is 1. The molecule has 5 nitrogen and oxygen atoms in total. The van der Waals surface area contributed by atoms with Gasteiger partial charge in [-0.25, -0.2) is 9.18 Å². The van der Waals surface area contributed by atoms with Crippen molar-refractivity contribution in [2.24, 2.45) is 0 Å². The molecule has 0 unspecified atom stereocenters. The number of carboxylic acids is 1. The van der Waals surface area contributed by atoms with E-state index in [1.807, 2.05) is 0 Å². The van der Waals surface area contributed by atoms with Gasteiger partial charge in [-0.1, -0.05) is 0 Å². The molecule has 1 N–H and O–H groups in total. The number of hydrogen-bond donors (Lipinski definition) is 1. The predicted octanol–water partition coefficient (Wildman–Crippen LogP) is 1.79. The minimum atomic E-state index is -1.38. The second-order valence-corrected chi connectivity index (χ2v) is 3.78. The van der Waals surface area contributed by atoms with Gasteiger partial charge in [0.15, 0.2) is 5.57 Å². The molecule has 1 rings (SSSR count). The lowest BCUT2D eigenvalue weighted by Crippen LogP contribution is -2.31. The maximum atomic E-state index is 12.8. The Bertz CT molecular complexity index is 522. The molecule has 1 amide bonds. The van der Waals surface area contributed by atoms with Crippen LogP contribution in [0.1, 0.15) is 6.92 Å². The average molecular weight is 267 g/mol. The summed E-state index contributed by atoms with van der Waals surface area (Å²) in [6, 6.07) is 5.14. The number of anilines is 1. The van der Waals surface area contributed by atoms with Gasteiger partial charge in [0.1, 0.15) is 11.6 Å². The summed E-state index contributed by atoms with van der Waals surface area (Å²) >= 11 is 0. The molecule has 0 heterocycles. The van der Waals surface area contributed by atoms with E-state index in [2.05, 4.69) is 0 Å². The molecule has 6 heteroatoms. The van der Waals surface area contributed by atoms with Gasteiger partial charge in [-0.15, -0.1) is 0 Å². The number of amides is 1. The van der Waals surface area contributed by atoms with Crippen LogP contribution in [0, 0.1) is 5.82 Å². The molecule has 0 saturated heterocycles. The lowest BCUT2D eigenvalue weighted by Gasteiger charge is -2.18. The fourth-order valence-electron chi connectivity index (χ4n) is 1.44. The highest BCUT2D eigenvalue weighted by Crippen LogP contribution is 2.17. The number of aliphatic carboxylic acids is 1. The second kappa shape index (κ2) is 5.99. The molecule has 1 aromatic carbocycles. The summed E-state index contributed by atoms with van der Waals surface area (Å²) < 4.78 is 17.6. The number of carboxylic acid groups (broad SMARTS) is 1. The smallest absolute Gasteiger partial charge is 0.344 e. The highest BCUT2D eigenvalue weighted by Gasteiger charge is 2.25. The molecule has 0 aliphatic carbocycles. The maximum Gasteiger partial charge on any atom is 0.344 e. The normalized spacial score (nSPS) is 11.6. The number of carbonyl (C=O) groups excluding carboxylic acids is 1. The Labute approximate surface area is 109 Å². The Kier molecular flexibility index (Phi) is 4.63. The zero-order valence-electron chi connectivity index (χ0n) is 10.8. The second-order valence-electron chi connectivity index (χ2n) is 3.78. The lowest BCUT2D eigenvalue weighted by atomic mass is 10.2. The van der Waals surface area contributed by atoms with E-state index in [0.717, 1.165) is 4.90 Å². The number of methoxy groups -OCH3 is 1. The molecule has 0 aromatic heterocycles. The van der Waals surface area contributed by atoms with Gasteiger partial charge in [0.2, 0.25) is 0 Å². The van der Waals surface area contributed by atoms with Crippen molar-refractivity contribution in [1.29, 1.82) is 0 Å². The Morgan fingerprint density at radius 2 is 1.79 bits per heavy atom. The summed E-state index contributed by atoms with van der Waals surface area (Å²) in [6.07, 6.45) is 0. The first-order valence-electron chi connectivity index (χ1n) is 5.40. The molecular formula is C13H14FNO4. The minimum Gasteiger partial charge on any atom is -0.500 e. The zero-order valence-corrected chi connectivity index (χ0v) is 10.8. The Balaban J connectivity index is 3.11. The van der Waals surface area contributed by atoms with E-state index < -0.39 is 23.3 Å². The third-order valence-corrected chi connectivity index (χ3v) is 2.60. The van der Waals surface area contributed by atoms with Gasteiger partial charge in [-0.3, -0.25) is 4.79 Å². The van der Waals surface area contributed by atoms with E-state index in [-0.39, 0.29) is 5.76 Å². The van der Waals surface area contributed by atoms with Crippen LogP contribution in [0.4, 0.5) is 10.1 Å². The summed E-state index contributed by atoms with van der Waals surface area (Å²) in [4.78, 5) is 24.3. The number of rotatable bonds is 4. The number of hydrogen-bond acceptors (Lipinski definition) is 3. The van der Waals surface area contributed by atoms with Crippen molar-refractivity contribution in [2.75, 3.05) is 19.1 Å². The Morgan fingerprint density at radius 3 is 2.21 bits per heavy atom. The molecule has 19 heavy (non-hydrogen) atoms. The first kappa shape index (κ1) is 14.7. The molecule has 0 aliphatic rings. The van der Waals surface area contributed by atoms with Crippen molar-refractivity contribution in [2.45, 2.75) is 6.92 Å². The van der Waals surface area contributed by atoms with E-state index >= 15 is 0 Å². The van der Waals surface area contributed by atoms with Crippen LogP contribution in [0.3, 0.4) is 0 Å².